The van der Waals surface area contributed by atoms with Gasteiger partial charge < -0.3 is 19.5 Å². The van der Waals surface area contributed by atoms with Crippen LogP contribution in [0.5, 0.6) is 11.5 Å². The van der Waals surface area contributed by atoms with Crippen molar-refractivity contribution in [3.63, 3.8) is 0 Å². The van der Waals surface area contributed by atoms with E-state index in [1.807, 2.05) is 12.1 Å². The van der Waals surface area contributed by atoms with Crippen LogP contribution in [-0.2, 0) is 4.74 Å². The summed E-state index contributed by atoms with van der Waals surface area (Å²) in [5.41, 5.74) is 1.32. The molecule has 3 heterocycles. The van der Waals surface area contributed by atoms with Gasteiger partial charge in [0.05, 0.1) is 30.9 Å². The lowest BCUT2D eigenvalue weighted by atomic mass is 10.2. The lowest BCUT2D eigenvalue weighted by Crippen LogP contribution is -2.36. The van der Waals surface area contributed by atoms with Gasteiger partial charge in [-0.3, -0.25) is 4.90 Å². The predicted octanol–water partition coefficient (Wildman–Crippen LogP) is 4.62. The topological polar surface area (TPSA) is 68.7 Å². The molecule has 2 fully saturated rings. The molecular formula is C23H24ClFN4O3. The van der Waals surface area contributed by atoms with Gasteiger partial charge in [0.15, 0.2) is 11.5 Å². The summed E-state index contributed by atoms with van der Waals surface area (Å²) < 4.78 is 30.8. The fourth-order valence-electron chi connectivity index (χ4n) is 4.33. The Bertz CT molecular complexity index is 1130. The number of hydrogen-bond acceptors (Lipinski definition) is 7. The van der Waals surface area contributed by atoms with E-state index in [9.17, 15) is 4.39 Å². The zero-order chi connectivity index (χ0) is 22.1. The minimum absolute atomic E-state index is 0.0377. The number of likely N-dealkylation sites (tertiary alicyclic amines) is 1. The van der Waals surface area contributed by atoms with E-state index in [1.54, 1.807) is 13.2 Å². The van der Waals surface area contributed by atoms with Crippen molar-refractivity contribution in [3.05, 3.63) is 47.5 Å². The molecule has 7 nitrogen and oxygen atoms in total. The molecule has 0 aliphatic carbocycles. The molecule has 2 aromatic carbocycles. The molecule has 5 rings (SSSR count). The monoisotopic (exact) mass is 458 g/mol. The fraction of sp³-hybridized carbons (Fsp3) is 0.391. The number of anilines is 2. The van der Waals surface area contributed by atoms with Crippen LogP contribution in [0.1, 0.15) is 12.8 Å². The molecule has 2 saturated heterocycles. The molecular weight excluding hydrogens is 435 g/mol. The Morgan fingerprint density at radius 2 is 2.16 bits per heavy atom. The van der Waals surface area contributed by atoms with Gasteiger partial charge in [0.1, 0.15) is 24.2 Å². The lowest BCUT2D eigenvalue weighted by molar-refractivity contribution is -0.0392. The summed E-state index contributed by atoms with van der Waals surface area (Å²) in [5.74, 6) is 2.00. The first-order chi connectivity index (χ1) is 15.6. The quantitative estimate of drug-likeness (QED) is 0.494. The van der Waals surface area contributed by atoms with Gasteiger partial charge >= 0.3 is 0 Å². The van der Waals surface area contributed by atoms with E-state index in [1.165, 1.54) is 18.5 Å². The number of aromatic nitrogens is 2. The summed E-state index contributed by atoms with van der Waals surface area (Å²) in [6.07, 6.45) is 3.77. The Labute approximate surface area is 190 Å². The summed E-state index contributed by atoms with van der Waals surface area (Å²) >= 11 is 5.91. The maximum absolute atomic E-state index is 13.5. The zero-order valence-electron chi connectivity index (χ0n) is 17.7. The second kappa shape index (κ2) is 9.05. The molecule has 2 atom stereocenters. The third-order valence-corrected chi connectivity index (χ3v) is 6.20. The molecule has 0 saturated carbocycles. The Hall–Kier alpha value is -2.68. The SMILES string of the molecule is COc1cc2ncnc(Nc3ccc(F)c(Cl)c3)c2cc1OCCCN1CC2COC1C2. The van der Waals surface area contributed by atoms with Gasteiger partial charge in [0.2, 0.25) is 0 Å². The molecule has 2 aliphatic rings. The first-order valence-corrected chi connectivity index (χ1v) is 11.0. The van der Waals surface area contributed by atoms with Crippen molar-refractivity contribution < 1.29 is 18.6 Å². The van der Waals surface area contributed by atoms with E-state index < -0.39 is 5.82 Å². The lowest BCUT2D eigenvalue weighted by Gasteiger charge is -2.26. The van der Waals surface area contributed by atoms with Crippen molar-refractivity contribution in [3.8, 4) is 11.5 Å². The minimum Gasteiger partial charge on any atom is -0.493 e. The molecule has 9 heteroatoms. The number of methoxy groups -OCH3 is 1. The second-order valence-electron chi connectivity index (χ2n) is 8.08. The first kappa shape index (κ1) is 21.2. The van der Waals surface area contributed by atoms with Gasteiger partial charge in [0, 0.05) is 30.2 Å². The van der Waals surface area contributed by atoms with E-state index in [4.69, 9.17) is 25.8 Å². The minimum atomic E-state index is -0.474. The average molecular weight is 459 g/mol. The van der Waals surface area contributed by atoms with Gasteiger partial charge in [-0.1, -0.05) is 11.6 Å². The Kier molecular flexibility index (Phi) is 5.99. The van der Waals surface area contributed by atoms with Crippen molar-refractivity contribution in [1.82, 2.24) is 14.9 Å². The van der Waals surface area contributed by atoms with Crippen molar-refractivity contribution >= 4 is 34.0 Å². The smallest absolute Gasteiger partial charge is 0.162 e. The highest BCUT2D eigenvalue weighted by atomic mass is 35.5. The Morgan fingerprint density at radius 3 is 2.91 bits per heavy atom. The highest BCUT2D eigenvalue weighted by Gasteiger charge is 2.38. The van der Waals surface area contributed by atoms with Crippen LogP contribution in [0, 0.1) is 11.7 Å². The van der Waals surface area contributed by atoms with Crippen LogP contribution < -0.4 is 14.8 Å². The third-order valence-electron chi connectivity index (χ3n) is 5.91. The molecule has 0 spiro atoms. The van der Waals surface area contributed by atoms with Crippen LogP contribution in [0.15, 0.2) is 36.7 Å². The van der Waals surface area contributed by atoms with Crippen molar-refractivity contribution in [2.45, 2.75) is 19.1 Å². The van der Waals surface area contributed by atoms with Gasteiger partial charge in [-0.25, -0.2) is 14.4 Å². The van der Waals surface area contributed by atoms with E-state index >= 15 is 0 Å². The first-order valence-electron chi connectivity index (χ1n) is 10.6. The molecule has 3 aromatic rings. The molecule has 1 aromatic heterocycles. The maximum atomic E-state index is 13.5. The number of fused-ring (bicyclic) bond motifs is 3. The van der Waals surface area contributed by atoms with Crippen molar-refractivity contribution in [2.75, 3.05) is 38.7 Å². The average Bonchev–Trinajstić information content (AvgIpc) is 3.42. The summed E-state index contributed by atoms with van der Waals surface area (Å²) in [5, 5.41) is 3.98. The fourth-order valence-corrected chi connectivity index (χ4v) is 4.51. The van der Waals surface area contributed by atoms with E-state index in [2.05, 4.69) is 20.2 Å². The van der Waals surface area contributed by atoms with Crippen LogP contribution in [0.3, 0.4) is 0 Å². The third kappa shape index (κ3) is 4.30. The molecule has 0 radical (unpaired) electrons. The van der Waals surface area contributed by atoms with Gasteiger partial charge in [-0.2, -0.15) is 0 Å². The van der Waals surface area contributed by atoms with Gasteiger partial charge in [-0.15, -0.1) is 0 Å². The Morgan fingerprint density at radius 1 is 1.25 bits per heavy atom. The van der Waals surface area contributed by atoms with Gasteiger partial charge in [-0.05, 0) is 43.0 Å². The summed E-state index contributed by atoms with van der Waals surface area (Å²) in [6.45, 7) is 3.51. The van der Waals surface area contributed by atoms with Crippen LogP contribution in [-0.4, -0.2) is 54.5 Å². The number of hydrogen-bond donors (Lipinski definition) is 1. The van der Waals surface area contributed by atoms with E-state index in [0.29, 0.717) is 41.0 Å². The molecule has 168 valence electrons. The molecule has 32 heavy (non-hydrogen) atoms. The highest BCUT2D eigenvalue weighted by Crippen LogP contribution is 2.35. The van der Waals surface area contributed by atoms with Crippen molar-refractivity contribution in [1.29, 1.82) is 0 Å². The normalized spacial score (nSPS) is 20.1. The van der Waals surface area contributed by atoms with Gasteiger partial charge in [0.25, 0.3) is 0 Å². The number of nitrogens with one attached hydrogen (secondary N) is 1. The van der Waals surface area contributed by atoms with Crippen LogP contribution in [0.25, 0.3) is 10.9 Å². The maximum Gasteiger partial charge on any atom is 0.162 e. The largest absolute Gasteiger partial charge is 0.493 e. The summed E-state index contributed by atoms with van der Waals surface area (Å²) in [6, 6.07) is 8.11. The predicted molar refractivity (Wildman–Crippen MR) is 120 cm³/mol. The number of rotatable bonds is 8. The standard InChI is InChI=1S/C23H24ClFN4O3/c1-30-20-10-19-16(23(27-13-26-19)28-15-3-4-18(25)17(24)8-15)9-21(20)31-6-2-5-29-11-14-7-22(29)32-12-14/h3-4,8-10,13-14,22H,2,5-7,11-12H2,1H3,(H,26,27,28). The number of benzene rings is 2. The number of nitrogens with zero attached hydrogens (tertiary/aromatic N) is 3. The summed E-state index contributed by atoms with van der Waals surface area (Å²) in [4.78, 5) is 11.1. The summed E-state index contributed by atoms with van der Waals surface area (Å²) in [7, 11) is 1.60. The molecule has 2 unspecified atom stereocenters. The second-order valence-corrected chi connectivity index (χ2v) is 8.49. The molecule has 2 bridgehead atoms. The molecule has 2 aliphatic heterocycles. The Balaban J connectivity index is 1.31. The zero-order valence-corrected chi connectivity index (χ0v) is 18.4. The molecule has 0 amide bonds. The van der Waals surface area contributed by atoms with E-state index in [-0.39, 0.29) is 11.3 Å². The van der Waals surface area contributed by atoms with Crippen LogP contribution in [0.2, 0.25) is 5.02 Å². The van der Waals surface area contributed by atoms with Crippen LogP contribution >= 0.6 is 11.6 Å². The van der Waals surface area contributed by atoms with E-state index in [0.717, 1.165) is 37.9 Å². The number of ether oxygens (including phenoxy) is 3. The highest BCUT2D eigenvalue weighted by molar-refractivity contribution is 6.31. The number of halogens is 2. The molecule has 1 N–H and O–H groups in total. The van der Waals surface area contributed by atoms with Crippen LogP contribution in [0.4, 0.5) is 15.9 Å². The van der Waals surface area contributed by atoms with Crippen molar-refractivity contribution in [2.24, 2.45) is 5.92 Å².